The van der Waals surface area contributed by atoms with Crippen LogP contribution >= 0.6 is 0 Å². The fraction of sp³-hybridized carbons (Fsp3) is 0.938. The van der Waals surface area contributed by atoms with Gasteiger partial charge in [-0.25, -0.2) is 0 Å². The van der Waals surface area contributed by atoms with Crippen LogP contribution in [0.15, 0.2) is 0 Å². The molecule has 18 heavy (non-hydrogen) atoms. The largest absolute Gasteiger partial charge is 0.481 e. The van der Waals surface area contributed by atoms with E-state index in [1.807, 2.05) is 13.8 Å². The Hall–Kier alpha value is -0.530. The van der Waals surface area contributed by atoms with E-state index in [4.69, 9.17) is 0 Å². The first-order valence-corrected chi connectivity index (χ1v) is 7.56. The number of rotatable bonds is 3. The molecule has 0 heterocycles. The molecule has 4 rings (SSSR count). The van der Waals surface area contributed by atoms with Gasteiger partial charge in [0.25, 0.3) is 0 Å². The molecule has 0 radical (unpaired) electrons. The number of aliphatic carboxylic acids is 1. The SMILES string of the molecule is CCC12CC3CC(C1)CC(C(C)(C)C(=O)O)(C3)C2. The van der Waals surface area contributed by atoms with E-state index in [1.54, 1.807) is 0 Å². The molecule has 0 aromatic carbocycles. The second-order valence-corrected chi connectivity index (χ2v) is 8.03. The van der Waals surface area contributed by atoms with Crippen molar-refractivity contribution in [3.63, 3.8) is 0 Å². The Kier molecular flexibility index (Phi) is 2.44. The minimum atomic E-state index is -0.587. The van der Waals surface area contributed by atoms with Gasteiger partial charge in [0.05, 0.1) is 5.41 Å². The summed E-state index contributed by atoms with van der Waals surface area (Å²) in [6.45, 7) is 6.27. The van der Waals surface area contributed by atoms with Gasteiger partial charge < -0.3 is 5.11 Å². The van der Waals surface area contributed by atoms with Crippen molar-refractivity contribution in [1.29, 1.82) is 0 Å². The number of hydrogen-bond donors (Lipinski definition) is 1. The lowest BCUT2D eigenvalue weighted by atomic mass is 9.39. The van der Waals surface area contributed by atoms with Crippen molar-refractivity contribution in [3.8, 4) is 0 Å². The standard InChI is InChI=1S/C16H26O2/c1-4-15-6-11-5-12(7-15)9-16(8-11,10-15)14(2,3)13(17)18/h11-12H,4-10H2,1-3H3,(H,17,18). The van der Waals surface area contributed by atoms with Gasteiger partial charge in [0.1, 0.15) is 0 Å². The van der Waals surface area contributed by atoms with Crippen molar-refractivity contribution in [2.75, 3.05) is 0 Å². The van der Waals surface area contributed by atoms with E-state index < -0.39 is 11.4 Å². The smallest absolute Gasteiger partial charge is 0.309 e. The summed E-state index contributed by atoms with van der Waals surface area (Å²) in [7, 11) is 0. The third-order valence-electron chi connectivity index (χ3n) is 6.79. The minimum Gasteiger partial charge on any atom is -0.481 e. The first kappa shape index (κ1) is 12.5. The van der Waals surface area contributed by atoms with Crippen molar-refractivity contribution >= 4 is 5.97 Å². The first-order chi connectivity index (χ1) is 8.32. The van der Waals surface area contributed by atoms with Crippen LogP contribution in [0.4, 0.5) is 0 Å². The highest BCUT2D eigenvalue weighted by Crippen LogP contribution is 2.70. The second kappa shape index (κ2) is 3.52. The summed E-state index contributed by atoms with van der Waals surface area (Å²) >= 11 is 0. The summed E-state index contributed by atoms with van der Waals surface area (Å²) in [5.41, 5.74) is 0.0148. The van der Waals surface area contributed by atoms with E-state index in [2.05, 4.69) is 6.92 Å². The highest BCUT2D eigenvalue weighted by molar-refractivity contribution is 5.75. The van der Waals surface area contributed by atoms with Crippen molar-refractivity contribution < 1.29 is 9.90 Å². The molecule has 4 aliphatic rings. The van der Waals surface area contributed by atoms with E-state index in [-0.39, 0.29) is 5.41 Å². The Bertz CT molecular complexity index is 369. The topological polar surface area (TPSA) is 37.3 Å². The van der Waals surface area contributed by atoms with Gasteiger partial charge >= 0.3 is 5.97 Å². The Morgan fingerprint density at radius 2 is 1.78 bits per heavy atom. The maximum atomic E-state index is 11.7. The normalized spacial score (nSPS) is 46.4. The number of carboxylic acid groups (broad SMARTS) is 1. The first-order valence-electron chi connectivity index (χ1n) is 7.56. The molecule has 4 bridgehead atoms. The average molecular weight is 250 g/mol. The Balaban J connectivity index is 2.01. The maximum Gasteiger partial charge on any atom is 0.309 e. The molecule has 102 valence electrons. The molecule has 0 aliphatic heterocycles. The lowest BCUT2D eigenvalue weighted by Gasteiger charge is -2.65. The fourth-order valence-corrected chi connectivity index (χ4v) is 5.82. The quantitative estimate of drug-likeness (QED) is 0.819. The lowest BCUT2D eigenvalue weighted by molar-refractivity contribution is -0.187. The maximum absolute atomic E-state index is 11.7. The van der Waals surface area contributed by atoms with Crippen LogP contribution in [0.5, 0.6) is 0 Å². The predicted octanol–water partition coefficient (Wildman–Crippen LogP) is 4.09. The molecule has 4 aliphatic carbocycles. The van der Waals surface area contributed by atoms with Gasteiger partial charge in [-0.1, -0.05) is 13.3 Å². The minimum absolute atomic E-state index is 0.0823. The Morgan fingerprint density at radius 1 is 1.22 bits per heavy atom. The van der Waals surface area contributed by atoms with Crippen LogP contribution < -0.4 is 0 Å². The van der Waals surface area contributed by atoms with Crippen molar-refractivity contribution in [1.82, 2.24) is 0 Å². The molecule has 0 spiro atoms. The summed E-state index contributed by atoms with van der Waals surface area (Å²) < 4.78 is 0. The van der Waals surface area contributed by atoms with Crippen LogP contribution in [0.1, 0.15) is 65.7 Å². The molecule has 2 atom stereocenters. The number of carbonyl (C=O) groups is 1. The highest BCUT2D eigenvalue weighted by Gasteiger charge is 2.63. The molecule has 2 nitrogen and oxygen atoms in total. The molecule has 4 saturated carbocycles. The van der Waals surface area contributed by atoms with Gasteiger partial charge in [-0.15, -0.1) is 0 Å². The molecule has 1 N–H and O–H groups in total. The summed E-state index contributed by atoms with van der Waals surface area (Å²) in [6, 6.07) is 0. The molecule has 0 saturated heterocycles. The van der Waals surface area contributed by atoms with Gasteiger partial charge in [0, 0.05) is 0 Å². The monoisotopic (exact) mass is 250 g/mol. The number of carboxylic acids is 1. The molecular formula is C16H26O2. The molecule has 2 unspecified atom stereocenters. The van der Waals surface area contributed by atoms with Gasteiger partial charge in [-0.2, -0.15) is 0 Å². The zero-order chi connectivity index (χ0) is 13.2. The highest BCUT2D eigenvalue weighted by atomic mass is 16.4. The van der Waals surface area contributed by atoms with Crippen molar-refractivity contribution in [2.24, 2.45) is 28.1 Å². The van der Waals surface area contributed by atoms with Crippen LogP contribution in [0.3, 0.4) is 0 Å². The Labute approximate surface area is 110 Å². The second-order valence-electron chi connectivity index (χ2n) is 8.03. The Morgan fingerprint density at radius 3 is 2.22 bits per heavy atom. The summed E-state index contributed by atoms with van der Waals surface area (Å²) in [4.78, 5) is 11.7. The van der Waals surface area contributed by atoms with E-state index in [1.165, 1.54) is 44.9 Å². The van der Waals surface area contributed by atoms with Crippen LogP contribution in [0.25, 0.3) is 0 Å². The molecule has 4 fully saturated rings. The van der Waals surface area contributed by atoms with Crippen molar-refractivity contribution in [2.45, 2.75) is 65.7 Å². The van der Waals surface area contributed by atoms with E-state index >= 15 is 0 Å². The number of hydrogen-bond acceptors (Lipinski definition) is 1. The van der Waals surface area contributed by atoms with Crippen molar-refractivity contribution in [3.05, 3.63) is 0 Å². The third-order valence-corrected chi connectivity index (χ3v) is 6.79. The fourth-order valence-electron chi connectivity index (χ4n) is 5.82. The van der Waals surface area contributed by atoms with Crippen LogP contribution in [-0.4, -0.2) is 11.1 Å². The zero-order valence-electron chi connectivity index (χ0n) is 12.0. The molecule has 0 amide bonds. The van der Waals surface area contributed by atoms with Crippen LogP contribution in [0.2, 0.25) is 0 Å². The van der Waals surface area contributed by atoms with Gasteiger partial charge in [0.15, 0.2) is 0 Å². The van der Waals surface area contributed by atoms with E-state index in [9.17, 15) is 9.90 Å². The zero-order valence-corrected chi connectivity index (χ0v) is 12.0. The summed E-state index contributed by atoms with van der Waals surface area (Å²) in [5.74, 6) is 1.03. The van der Waals surface area contributed by atoms with E-state index in [0.29, 0.717) is 5.41 Å². The average Bonchev–Trinajstić information content (AvgIpc) is 2.26. The van der Waals surface area contributed by atoms with Gasteiger partial charge in [-0.3, -0.25) is 4.79 Å². The summed E-state index contributed by atoms with van der Waals surface area (Å²) in [5, 5.41) is 9.66. The molecule has 2 heteroatoms. The lowest BCUT2D eigenvalue weighted by Crippen LogP contribution is -2.58. The van der Waals surface area contributed by atoms with Crippen LogP contribution in [0, 0.1) is 28.1 Å². The molecule has 0 aromatic heterocycles. The van der Waals surface area contributed by atoms with Crippen LogP contribution in [-0.2, 0) is 4.79 Å². The molecule has 0 aromatic rings. The predicted molar refractivity (Wildman–Crippen MR) is 71.3 cm³/mol. The van der Waals surface area contributed by atoms with E-state index in [0.717, 1.165) is 11.8 Å². The molecular weight excluding hydrogens is 224 g/mol. The summed E-state index contributed by atoms with van der Waals surface area (Å²) in [6.07, 6.45) is 8.88. The van der Waals surface area contributed by atoms with Gasteiger partial charge in [-0.05, 0) is 75.0 Å². The third kappa shape index (κ3) is 1.44. The van der Waals surface area contributed by atoms with Gasteiger partial charge in [0.2, 0.25) is 0 Å².